The van der Waals surface area contributed by atoms with Gasteiger partial charge in [-0.2, -0.15) is 0 Å². The van der Waals surface area contributed by atoms with E-state index in [0.29, 0.717) is 6.04 Å². The Balaban J connectivity index is 1.77. The van der Waals surface area contributed by atoms with Crippen LogP contribution in [0.3, 0.4) is 0 Å². The summed E-state index contributed by atoms with van der Waals surface area (Å²) in [5.74, 6) is 1.65. The Morgan fingerprint density at radius 3 is 2.68 bits per heavy atom. The van der Waals surface area contributed by atoms with Crippen molar-refractivity contribution in [2.24, 2.45) is 11.8 Å². The fourth-order valence-electron chi connectivity index (χ4n) is 3.20. The lowest BCUT2D eigenvalue weighted by molar-refractivity contribution is 0.281. The smallest absolute Gasteiger partial charge is 0.184 e. The number of hydrogen-bond acceptors (Lipinski definition) is 3. The lowest BCUT2D eigenvalue weighted by Gasteiger charge is -2.31. The first-order chi connectivity index (χ1) is 9.10. The van der Waals surface area contributed by atoms with Crippen LogP contribution in [0.25, 0.3) is 10.2 Å². The summed E-state index contributed by atoms with van der Waals surface area (Å²) in [6.07, 6.45) is 3.90. The molecule has 2 nitrogen and oxygen atoms in total. The molecular weight excluding hydrogens is 320 g/mol. The fraction of sp³-hybridized carbons (Fsp3) is 0.533. The number of nitrogens with one attached hydrogen (secondary N) is 1. The van der Waals surface area contributed by atoms with Gasteiger partial charge in [0.2, 0.25) is 0 Å². The number of nitrogens with zero attached hydrogens (tertiary/aromatic N) is 1. The molecule has 19 heavy (non-hydrogen) atoms. The number of anilines is 1. The molecule has 0 saturated heterocycles. The molecule has 1 aliphatic carbocycles. The van der Waals surface area contributed by atoms with Crippen LogP contribution in [0.5, 0.6) is 0 Å². The minimum atomic E-state index is 0.586. The highest BCUT2D eigenvalue weighted by atomic mass is 79.9. The number of hydrogen-bond donors (Lipinski definition) is 1. The van der Waals surface area contributed by atoms with Gasteiger partial charge >= 0.3 is 0 Å². The number of halogens is 1. The fourth-order valence-corrected chi connectivity index (χ4v) is 4.69. The molecule has 1 aromatic heterocycles. The SMILES string of the molecule is CC1CC(C)CC(Nc2nc3ccc(Br)cc3s2)C1. The Morgan fingerprint density at radius 1 is 1.21 bits per heavy atom. The van der Waals surface area contributed by atoms with E-state index in [0.717, 1.165) is 27.0 Å². The van der Waals surface area contributed by atoms with Crippen molar-refractivity contribution in [2.75, 3.05) is 5.32 Å². The predicted octanol–water partition coefficient (Wildman–Crippen LogP) is 5.30. The summed E-state index contributed by atoms with van der Waals surface area (Å²) in [6.45, 7) is 4.72. The van der Waals surface area contributed by atoms with E-state index in [4.69, 9.17) is 0 Å². The summed E-state index contributed by atoms with van der Waals surface area (Å²) < 4.78 is 2.36. The van der Waals surface area contributed by atoms with Crippen LogP contribution in [0, 0.1) is 11.8 Å². The molecule has 2 unspecified atom stereocenters. The van der Waals surface area contributed by atoms with Crippen molar-refractivity contribution in [3.05, 3.63) is 22.7 Å². The minimum absolute atomic E-state index is 0.586. The highest BCUT2D eigenvalue weighted by Gasteiger charge is 2.24. The second kappa shape index (κ2) is 5.41. The monoisotopic (exact) mass is 338 g/mol. The van der Waals surface area contributed by atoms with Crippen LogP contribution >= 0.6 is 27.3 Å². The van der Waals surface area contributed by atoms with Gasteiger partial charge < -0.3 is 5.32 Å². The number of thiazole rings is 1. The number of benzene rings is 1. The van der Waals surface area contributed by atoms with Gasteiger partial charge in [0.1, 0.15) is 0 Å². The van der Waals surface area contributed by atoms with Crippen LogP contribution in [0.1, 0.15) is 33.1 Å². The first kappa shape index (κ1) is 13.4. The van der Waals surface area contributed by atoms with Crippen LogP contribution < -0.4 is 5.32 Å². The largest absolute Gasteiger partial charge is 0.359 e. The van der Waals surface area contributed by atoms with Crippen molar-refractivity contribution >= 4 is 42.6 Å². The molecule has 0 bridgehead atoms. The summed E-state index contributed by atoms with van der Waals surface area (Å²) in [5.41, 5.74) is 1.09. The van der Waals surface area contributed by atoms with Crippen LogP contribution in [0.4, 0.5) is 5.13 Å². The summed E-state index contributed by atoms with van der Waals surface area (Å²) in [5, 5.41) is 4.71. The number of rotatable bonds is 2. The molecule has 0 radical (unpaired) electrons. The maximum atomic E-state index is 4.68. The van der Waals surface area contributed by atoms with Crippen molar-refractivity contribution < 1.29 is 0 Å². The van der Waals surface area contributed by atoms with Crippen LogP contribution in [-0.2, 0) is 0 Å². The van der Waals surface area contributed by atoms with Crippen molar-refractivity contribution in [1.82, 2.24) is 4.98 Å². The topological polar surface area (TPSA) is 24.9 Å². The van der Waals surface area contributed by atoms with E-state index in [1.54, 1.807) is 11.3 Å². The van der Waals surface area contributed by atoms with Crippen molar-refractivity contribution in [2.45, 2.75) is 39.2 Å². The molecule has 1 fully saturated rings. The highest BCUT2D eigenvalue weighted by molar-refractivity contribution is 9.10. The quantitative estimate of drug-likeness (QED) is 0.803. The lowest BCUT2D eigenvalue weighted by Crippen LogP contribution is -2.30. The van der Waals surface area contributed by atoms with E-state index in [1.165, 1.54) is 24.0 Å². The van der Waals surface area contributed by atoms with Gasteiger partial charge in [0.05, 0.1) is 10.2 Å². The molecule has 4 heteroatoms. The average Bonchev–Trinajstić information content (AvgIpc) is 2.68. The van der Waals surface area contributed by atoms with Gasteiger partial charge in [-0.15, -0.1) is 0 Å². The molecule has 2 aromatic rings. The summed E-state index contributed by atoms with van der Waals surface area (Å²) >= 11 is 5.27. The van der Waals surface area contributed by atoms with Crippen molar-refractivity contribution in [3.63, 3.8) is 0 Å². The van der Waals surface area contributed by atoms with E-state index in [2.05, 4.69) is 58.3 Å². The van der Waals surface area contributed by atoms with Gasteiger partial charge in [-0.05, 0) is 49.3 Å². The van der Waals surface area contributed by atoms with E-state index in [9.17, 15) is 0 Å². The molecule has 0 spiro atoms. The number of aromatic nitrogens is 1. The van der Waals surface area contributed by atoms with E-state index < -0.39 is 0 Å². The molecule has 1 heterocycles. The highest BCUT2D eigenvalue weighted by Crippen LogP contribution is 2.33. The summed E-state index contributed by atoms with van der Waals surface area (Å²) in [7, 11) is 0. The second-order valence-corrected chi connectivity index (χ2v) is 7.84. The third-order valence-corrected chi connectivity index (χ3v) is 5.30. The maximum absolute atomic E-state index is 4.68. The van der Waals surface area contributed by atoms with E-state index >= 15 is 0 Å². The minimum Gasteiger partial charge on any atom is -0.359 e. The molecule has 2 atom stereocenters. The van der Waals surface area contributed by atoms with Crippen LogP contribution in [0.2, 0.25) is 0 Å². The lowest BCUT2D eigenvalue weighted by atomic mass is 9.80. The van der Waals surface area contributed by atoms with E-state index in [1.807, 2.05) is 0 Å². The van der Waals surface area contributed by atoms with Crippen molar-refractivity contribution in [1.29, 1.82) is 0 Å². The molecule has 1 N–H and O–H groups in total. The molecule has 0 aliphatic heterocycles. The normalized spacial score (nSPS) is 27.6. The van der Waals surface area contributed by atoms with E-state index in [-0.39, 0.29) is 0 Å². The van der Waals surface area contributed by atoms with Gasteiger partial charge in [0.25, 0.3) is 0 Å². The Bertz CT molecular complexity index is 571. The maximum Gasteiger partial charge on any atom is 0.184 e. The van der Waals surface area contributed by atoms with Crippen LogP contribution in [0.15, 0.2) is 22.7 Å². The zero-order chi connectivity index (χ0) is 13.4. The number of fused-ring (bicyclic) bond motifs is 1. The molecule has 1 aromatic carbocycles. The first-order valence-electron chi connectivity index (χ1n) is 6.93. The second-order valence-electron chi connectivity index (χ2n) is 5.89. The molecule has 1 aliphatic rings. The first-order valence-corrected chi connectivity index (χ1v) is 8.53. The Hall–Kier alpha value is -0.610. The zero-order valence-corrected chi connectivity index (χ0v) is 13.7. The van der Waals surface area contributed by atoms with Gasteiger partial charge in [-0.25, -0.2) is 4.98 Å². The van der Waals surface area contributed by atoms with Crippen LogP contribution in [-0.4, -0.2) is 11.0 Å². The Kier molecular flexibility index (Phi) is 3.81. The van der Waals surface area contributed by atoms with Gasteiger partial charge in [0, 0.05) is 10.5 Å². The summed E-state index contributed by atoms with van der Waals surface area (Å²) in [4.78, 5) is 4.68. The summed E-state index contributed by atoms with van der Waals surface area (Å²) in [6, 6.07) is 6.86. The zero-order valence-electron chi connectivity index (χ0n) is 11.3. The molecular formula is C15H19BrN2S. The van der Waals surface area contributed by atoms with Gasteiger partial charge in [-0.1, -0.05) is 41.1 Å². The Morgan fingerprint density at radius 2 is 1.95 bits per heavy atom. The molecule has 1 saturated carbocycles. The van der Waals surface area contributed by atoms with Crippen molar-refractivity contribution in [3.8, 4) is 0 Å². The van der Waals surface area contributed by atoms with Gasteiger partial charge in [-0.3, -0.25) is 0 Å². The third-order valence-electron chi connectivity index (χ3n) is 3.86. The predicted molar refractivity (Wildman–Crippen MR) is 86.9 cm³/mol. The average molecular weight is 339 g/mol. The standard InChI is InChI=1S/C15H19BrN2S/c1-9-5-10(2)7-12(6-9)17-15-18-13-4-3-11(16)8-14(13)19-15/h3-4,8-10,12H,5-7H2,1-2H3,(H,17,18). The molecule has 102 valence electrons. The Labute approximate surface area is 126 Å². The molecule has 0 amide bonds. The van der Waals surface area contributed by atoms with Gasteiger partial charge in [0.15, 0.2) is 5.13 Å². The third kappa shape index (κ3) is 3.11. The molecule has 3 rings (SSSR count).